The minimum absolute atomic E-state index is 0.172. The fourth-order valence-corrected chi connectivity index (χ4v) is 2.19. The van der Waals surface area contributed by atoms with Gasteiger partial charge in [-0.05, 0) is 44.0 Å². The summed E-state index contributed by atoms with van der Waals surface area (Å²) in [4.78, 5) is 27.4. The fraction of sp³-hybridized carbons (Fsp3) is 0.412. The van der Waals surface area contributed by atoms with Crippen LogP contribution in [0.15, 0.2) is 28.8 Å². The molecule has 1 fully saturated rings. The zero-order valence-electron chi connectivity index (χ0n) is 14.5. The summed E-state index contributed by atoms with van der Waals surface area (Å²) in [6, 6.07) is 5.80. The molecule has 0 spiro atoms. The van der Waals surface area contributed by atoms with Gasteiger partial charge in [-0.15, -0.1) is 0 Å². The maximum atomic E-state index is 12.1. The largest absolute Gasteiger partial charge is 0.482 e. The third-order valence-electron chi connectivity index (χ3n) is 3.81. The minimum Gasteiger partial charge on any atom is -0.482 e. The number of methoxy groups -OCH3 is 1. The van der Waals surface area contributed by atoms with Crippen LogP contribution in [0, 0.1) is 0 Å². The Kier molecular flexibility index (Phi) is 5.35. The van der Waals surface area contributed by atoms with Crippen LogP contribution in [-0.4, -0.2) is 35.9 Å². The lowest BCUT2D eigenvalue weighted by molar-refractivity contribution is -0.142. The second-order valence-electron chi connectivity index (χ2n) is 5.97. The highest BCUT2D eigenvalue weighted by atomic mass is 16.6. The predicted octanol–water partition coefficient (Wildman–Crippen LogP) is 2.38. The molecule has 2 amide bonds. The van der Waals surface area contributed by atoms with E-state index in [0.717, 1.165) is 12.8 Å². The van der Waals surface area contributed by atoms with Crippen molar-refractivity contribution in [2.45, 2.75) is 31.7 Å². The molecule has 0 radical (unpaired) electrons. The molecular formula is C17H20N4O5. The average Bonchev–Trinajstić information content (AvgIpc) is 3.37. The summed E-state index contributed by atoms with van der Waals surface area (Å²) in [6.07, 6.45) is 2.17. The quantitative estimate of drug-likeness (QED) is 0.728. The molecule has 1 aromatic heterocycles. The van der Waals surface area contributed by atoms with Crippen molar-refractivity contribution >= 4 is 17.7 Å². The summed E-state index contributed by atoms with van der Waals surface area (Å²) < 4.78 is 14.9. The second-order valence-corrected chi connectivity index (χ2v) is 5.97. The Morgan fingerprint density at radius 2 is 2.04 bits per heavy atom. The van der Waals surface area contributed by atoms with Crippen LogP contribution in [0.25, 0.3) is 0 Å². The zero-order chi connectivity index (χ0) is 18.5. The zero-order valence-corrected chi connectivity index (χ0v) is 14.5. The van der Waals surface area contributed by atoms with E-state index in [2.05, 4.69) is 25.5 Å². The van der Waals surface area contributed by atoms with Gasteiger partial charge in [0, 0.05) is 11.6 Å². The van der Waals surface area contributed by atoms with E-state index in [4.69, 9.17) is 9.26 Å². The lowest BCUT2D eigenvalue weighted by Crippen LogP contribution is -2.31. The van der Waals surface area contributed by atoms with E-state index >= 15 is 0 Å². The minimum atomic E-state index is -0.466. The SMILES string of the molecule is COC(=O)COc1ccc(NC(=O)NC(C)c2nc(C3CC3)no2)cc1. The molecule has 1 saturated carbocycles. The Labute approximate surface area is 150 Å². The summed E-state index contributed by atoms with van der Waals surface area (Å²) >= 11 is 0. The first-order valence-electron chi connectivity index (χ1n) is 8.26. The van der Waals surface area contributed by atoms with Crippen molar-refractivity contribution in [3.05, 3.63) is 36.0 Å². The van der Waals surface area contributed by atoms with Crippen LogP contribution < -0.4 is 15.4 Å². The highest BCUT2D eigenvalue weighted by molar-refractivity contribution is 5.89. The van der Waals surface area contributed by atoms with E-state index in [0.29, 0.717) is 29.1 Å². The van der Waals surface area contributed by atoms with Crippen LogP contribution in [0.5, 0.6) is 5.75 Å². The lowest BCUT2D eigenvalue weighted by atomic mass is 10.3. The van der Waals surface area contributed by atoms with Crippen molar-refractivity contribution < 1.29 is 23.6 Å². The molecule has 9 nitrogen and oxygen atoms in total. The van der Waals surface area contributed by atoms with Crippen molar-refractivity contribution in [1.29, 1.82) is 0 Å². The first-order chi connectivity index (χ1) is 12.5. The molecule has 138 valence electrons. The summed E-state index contributed by atoms with van der Waals surface area (Å²) in [5, 5.41) is 9.37. The summed E-state index contributed by atoms with van der Waals surface area (Å²) in [5.41, 5.74) is 0.573. The van der Waals surface area contributed by atoms with Gasteiger partial charge >= 0.3 is 12.0 Å². The van der Waals surface area contributed by atoms with E-state index in [1.807, 2.05) is 0 Å². The highest BCUT2D eigenvalue weighted by Gasteiger charge is 2.29. The van der Waals surface area contributed by atoms with Crippen LogP contribution in [0.3, 0.4) is 0 Å². The number of rotatable bonds is 7. The van der Waals surface area contributed by atoms with Gasteiger partial charge in [0.25, 0.3) is 0 Å². The van der Waals surface area contributed by atoms with Crippen LogP contribution in [0.1, 0.15) is 43.4 Å². The van der Waals surface area contributed by atoms with E-state index in [1.165, 1.54) is 7.11 Å². The molecular weight excluding hydrogens is 340 g/mol. The number of nitrogens with one attached hydrogen (secondary N) is 2. The van der Waals surface area contributed by atoms with E-state index in [1.54, 1.807) is 31.2 Å². The highest BCUT2D eigenvalue weighted by Crippen LogP contribution is 2.38. The number of carbonyl (C=O) groups is 2. The molecule has 2 N–H and O–H groups in total. The van der Waals surface area contributed by atoms with Gasteiger partial charge < -0.3 is 24.6 Å². The normalized spacial score (nSPS) is 14.4. The molecule has 1 unspecified atom stereocenters. The number of urea groups is 1. The van der Waals surface area contributed by atoms with Crippen LogP contribution in [0.4, 0.5) is 10.5 Å². The number of amides is 2. The van der Waals surface area contributed by atoms with Crippen molar-refractivity contribution in [3.8, 4) is 5.75 Å². The standard InChI is InChI=1S/C17H20N4O5/c1-10(16-20-15(21-26-16)11-3-4-11)18-17(23)19-12-5-7-13(8-6-12)25-9-14(22)24-2/h5-8,10-11H,3-4,9H2,1-2H3,(H2,18,19,23). The smallest absolute Gasteiger partial charge is 0.343 e. The van der Waals surface area contributed by atoms with Gasteiger partial charge in [0.2, 0.25) is 5.89 Å². The molecule has 0 bridgehead atoms. The molecule has 0 aliphatic heterocycles. The molecule has 3 rings (SSSR count). The number of nitrogens with zero attached hydrogens (tertiary/aromatic N) is 2. The summed E-state index contributed by atoms with van der Waals surface area (Å²) in [6.45, 7) is 1.60. The van der Waals surface area contributed by atoms with Crippen LogP contribution >= 0.6 is 0 Å². The Bertz CT molecular complexity index is 770. The van der Waals surface area contributed by atoms with Gasteiger partial charge in [-0.1, -0.05) is 5.16 Å². The van der Waals surface area contributed by atoms with Gasteiger partial charge in [0.05, 0.1) is 7.11 Å². The Hall–Kier alpha value is -3.10. The van der Waals surface area contributed by atoms with Gasteiger partial charge in [-0.25, -0.2) is 9.59 Å². The molecule has 1 aliphatic rings. The number of anilines is 1. The van der Waals surface area contributed by atoms with Gasteiger partial charge in [-0.2, -0.15) is 4.98 Å². The molecule has 26 heavy (non-hydrogen) atoms. The number of carbonyl (C=O) groups excluding carboxylic acids is 2. The number of benzene rings is 1. The monoisotopic (exact) mass is 360 g/mol. The number of hydrogen-bond donors (Lipinski definition) is 2. The summed E-state index contributed by atoms with van der Waals surface area (Å²) in [7, 11) is 1.29. The number of aromatic nitrogens is 2. The predicted molar refractivity (Wildman–Crippen MR) is 90.8 cm³/mol. The molecule has 1 atom stereocenters. The van der Waals surface area contributed by atoms with Crippen molar-refractivity contribution in [2.24, 2.45) is 0 Å². The number of esters is 1. The van der Waals surface area contributed by atoms with Crippen molar-refractivity contribution in [1.82, 2.24) is 15.5 Å². The van der Waals surface area contributed by atoms with Gasteiger partial charge in [0.15, 0.2) is 12.4 Å². The molecule has 2 aromatic rings. The van der Waals surface area contributed by atoms with E-state index < -0.39 is 18.0 Å². The van der Waals surface area contributed by atoms with Crippen molar-refractivity contribution in [2.75, 3.05) is 19.0 Å². The maximum Gasteiger partial charge on any atom is 0.343 e. The lowest BCUT2D eigenvalue weighted by Gasteiger charge is -2.11. The molecule has 1 heterocycles. The second kappa shape index (κ2) is 7.85. The average molecular weight is 360 g/mol. The fourth-order valence-electron chi connectivity index (χ4n) is 2.19. The molecule has 1 aliphatic carbocycles. The first kappa shape index (κ1) is 17.7. The molecule has 9 heteroatoms. The third-order valence-corrected chi connectivity index (χ3v) is 3.81. The van der Waals surface area contributed by atoms with Gasteiger partial charge in [0.1, 0.15) is 11.8 Å². The Morgan fingerprint density at radius 3 is 2.69 bits per heavy atom. The first-order valence-corrected chi connectivity index (χ1v) is 8.26. The summed E-state index contributed by atoms with van der Waals surface area (Å²) in [5.74, 6) is 1.51. The third kappa shape index (κ3) is 4.71. The van der Waals surface area contributed by atoms with Gasteiger partial charge in [-0.3, -0.25) is 0 Å². The van der Waals surface area contributed by atoms with Crippen LogP contribution in [-0.2, 0) is 9.53 Å². The van der Waals surface area contributed by atoms with Crippen molar-refractivity contribution in [3.63, 3.8) is 0 Å². The topological polar surface area (TPSA) is 116 Å². The van der Waals surface area contributed by atoms with E-state index in [-0.39, 0.29) is 6.61 Å². The maximum absolute atomic E-state index is 12.1. The van der Waals surface area contributed by atoms with Crippen LogP contribution in [0.2, 0.25) is 0 Å². The molecule has 0 saturated heterocycles. The Morgan fingerprint density at radius 1 is 1.31 bits per heavy atom. The number of hydrogen-bond acceptors (Lipinski definition) is 7. The number of ether oxygens (including phenoxy) is 2. The Balaban J connectivity index is 1.48. The molecule has 1 aromatic carbocycles. The van der Waals surface area contributed by atoms with E-state index in [9.17, 15) is 9.59 Å².